The average molecular weight is 486 g/mol. The number of carbonyl (C=O) groups is 2. The standard InChI is InChI=1S/C22H16ClN3O4S2/c1-29-21(28)18-15(14-9-5-6-10-16(14)23)11-31-20(18)24-17(27)12-32-22-26-25-19(30-22)13-7-3-2-4-8-13/h2-11H,12H2,1H3,(H,24,27). The second kappa shape index (κ2) is 9.99. The molecule has 7 nitrogen and oxygen atoms in total. The topological polar surface area (TPSA) is 94.3 Å². The van der Waals surface area contributed by atoms with Crippen molar-refractivity contribution < 1.29 is 18.7 Å². The zero-order valence-electron chi connectivity index (χ0n) is 16.7. The molecule has 0 bridgehead atoms. The summed E-state index contributed by atoms with van der Waals surface area (Å²) in [5.41, 5.74) is 2.33. The second-order valence-electron chi connectivity index (χ2n) is 6.40. The van der Waals surface area contributed by atoms with Crippen molar-refractivity contribution in [2.24, 2.45) is 0 Å². The average Bonchev–Trinajstić information content (AvgIpc) is 3.45. The number of thioether (sulfide) groups is 1. The van der Waals surface area contributed by atoms with Crippen molar-refractivity contribution in [1.29, 1.82) is 0 Å². The van der Waals surface area contributed by atoms with Crippen LogP contribution in [0.4, 0.5) is 5.00 Å². The maximum absolute atomic E-state index is 12.5. The molecule has 0 aliphatic rings. The van der Waals surface area contributed by atoms with E-state index >= 15 is 0 Å². The van der Waals surface area contributed by atoms with Gasteiger partial charge in [-0.15, -0.1) is 21.5 Å². The second-order valence-corrected chi connectivity index (χ2v) is 8.61. The van der Waals surface area contributed by atoms with Gasteiger partial charge in [-0.1, -0.05) is 59.8 Å². The van der Waals surface area contributed by atoms with Crippen molar-refractivity contribution >= 4 is 51.6 Å². The molecule has 0 atom stereocenters. The number of hydrogen-bond acceptors (Lipinski definition) is 8. The Bertz CT molecular complexity index is 1260. The van der Waals surface area contributed by atoms with Crippen LogP contribution in [0.3, 0.4) is 0 Å². The van der Waals surface area contributed by atoms with Gasteiger partial charge in [-0.25, -0.2) is 4.79 Å². The molecule has 2 aromatic heterocycles. The molecule has 1 amide bonds. The maximum Gasteiger partial charge on any atom is 0.341 e. The van der Waals surface area contributed by atoms with E-state index in [9.17, 15) is 9.59 Å². The minimum absolute atomic E-state index is 0.0242. The molecule has 0 aliphatic heterocycles. The fourth-order valence-electron chi connectivity index (χ4n) is 2.89. The molecule has 1 N–H and O–H groups in total. The summed E-state index contributed by atoms with van der Waals surface area (Å²) < 4.78 is 10.5. The highest BCUT2D eigenvalue weighted by atomic mass is 35.5. The number of ether oxygens (including phenoxy) is 1. The Hall–Kier alpha value is -3.14. The van der Waals surface area contributed by atoms with Crippen molar-refractivity contribution in [1.82, 2.24) is 10.2 Å². The smallest absolute Gasteiger partial charge is 0.341 e. The minimum Gasteiger partial charge on any atom is -0.465 e. The van der Waals surface area contributed by atoms with Crippen LogP contribution in [0.1, 0.15) is 10.4 Å². The summed E-state index contributed by atoms with van der Waals surface area (Å²) in [6.07, 6.45) is 0. The maximum atomic E-state index is 12.5. The third kappa shape index (κ3) is 4.85. The summed E-state index contributed by atoms with van der Waals surface area (Å²) in [4.78, 5) is 25.0. The zero-order chi connectivity index (χ0) is 22.5. The minimum atomic E-state index is -0.562. The fraction of sp³-hybridized carbons (Fsp3) is 0.0909. The number of anilines is 1. The number of methoxy groups -OCH3 is 1. The monoisotopic (exact) mass is 485 g/mol. The first-order chi connectivity index (χ1) is 15.6. The van der Waals surface area contributed by atoms with Crippen LogP contribution in [-0.4, -0.2) is 34.9 Å². The number of aromatic nitrogens is 2. The van der Waals surface area contributed by atoms with E-state index in [2.05, 4.69) is 15.5 Å². The Kier molecular flexibility index (Phi) is 6.89. The van der Waals surface area contributed by atoms with E-state index in [0.29, 0.717) is 27.0 Å². The third-order valence-corrected chi connectivity index (χ3v) is 6.39. The van der Waals surface area contributed by atoms with Crippen molar-refractivity contribution in [3.8, 4) is 22.6 Å². The van der Waals surface area contributed by atoms with E-state index in [1.165, 1.54) is 18.4 Å². The lowest BCUT2D eigenvalue weighted by molar-refractivity contribution is -0.113. The van der Waals surface area contributed by atoms with Crippen LogP contribution in [0.25, 0.3) is 22.6 Å². The van der Waals surface area contributed by atoms with E-state index in [0.717, 1.165) is 17.3 Å². The molecule has 4 rings (SSSR count). The predicted octanol–water partition coefficient (Wildman–Crippen LogP) is 5.64. The predicted molar refractivity (Wildman–Crippen MR) is 125 cm³/mol. The number of halogens is 1. The summed E-state index contributed by atoms with van der Waals surface area (Å²) in [5.74, 6) is -0.485. The van der Waals surface area contributed by atoms with Crippen LogP contribution < -0.4 is 5.32 Å². The van der Waals surface area contributed by atoms with Gasteiger partial charge >= 0.3 is 5.97 Å². The Balaban J connectivity index is 1.47. The van der Waals surface area contributed by atoms with Gasteiger partial charge < -0.3 is 14.5 Å². The normalized spacial score (nSPS) is 10.7. The highest BCUT2D eigenvalue weighted by Crippen LogP contribution is 2.39. The number of nitrogens with zero attached hydrogens (tertiary/aromatic N) is 2. The van der Waals surface area contributed by atoms with E-state index < -0.39 is 5.97 Å². The Labute approximate surface area is 196 Å². The van der Waals surface area contributed by atoms with Crippen LogP contribution in [0.5, 0.6) is 0 Å². The molecule has 0 aliphatic carbocycles. The third-order valence-electron chi connectivity index (χ3n) is 4.35. The molecule has 0 fully saturated rings. The molecule has 0 radical (unpaired) electrons. The quantitative estimate of drug-likeness (QED) is 0.267. The zero-order valence-corrected chi connectivity index (χ0v) is 19.1. The summed E-state index contributed by atoms with van der Waals surface area (Å²) in [7, 11) is 1.29. The first-order valence-corrected chi connectivity index (χ1v) is 11.6. The van der Waals surface area contributed by atoms with E-state index in [1.807, 2.05) is 36.4 Å². The van der Waals surface area contributed by atoms with Crippen LogP contribution in [-0.2, 0) is 9.53 Å². The number of thiophene rings is 1. The van der Waals surface area contributed by atoms with E-state index in [4.69, 9.17) is 20.8 Å². The number of esters is 1. The lowest BCUT2D eigenvalue weighted by atomic mass is 10.0. The van der Waals surface area contributed by atoms with Crippen molar-refractivity contribution in [3.05, 3.63) is 70.6 Å². The van der Waals surface area contributed by atoms with Gasteiger partial charge in [0.15, 0.2) is 0 Å². The summed E-state index contributed by atoms with van der Waals surface area (Å²) in [6, 6.07) is 16.5. The molecule has 0 saturated heterocycles. The molecule has 2 heterocycles. The lowest BCUT2D eigenvalue weighted by Gasteiger charge is -2.08. The highest BCUT2D eigenvalue weighted by molar-refractivity contribution is 7.99. The van der Waals surface area contributed by atoms with Gasteiger partial charge in [0.1, 0.15) is 10.6 Å². The van der Waals surface area contributed by atoms with Gasteiger partial charge in [-0.3, -0.25) is 4.79 Å². The molecule has 32 heavy (non-hydrogen) atoms. The molecule has 0 spiro atoms. The summed E-state index contributed by atoms with van der Waals surface area (Å²) in [6.45, 7) is 0. The van der Waals surface area contributed by atoms with Crippen LogP contribution in [0.15, 0.2) is 69.6 Å². The highest BCUT2D eigenvalue weighted by Gasteiger charge is 2.23. The fourth-order valence-corrected chi connectivity index (χ4v) is 4.65. The largest absolute Gasteiger partial charge is 0.465 e. The van der Waals surface area contributed by atoms with Gasteiger partial charge in [-0.2, -0.15) is 0 Å². The number of hydrogen-bond donors (Lipinski definition) is 1. The molecule has 10 heteroatoms. The molecule has 162 valence electrons. The Morgan fingerprint density at radius 3 is 2.59 bits per heavy atom. The first kappa shape index (κ1) is 22.1. The van der Waals surface area contributed by atoms with Gasteiger partial charge in [0.05, 0.1) is 12.9 Å². The molecular weight excluding hydrogens is 470 g/mol. The van der Waals surface area contributed by atoms with Gasteiger partial charge in [-0.05, 0) is 18.2 Å². The van der Waals surface area contributed by atoms with Crippen molar-refractivity contribution in [2.75, 3.05) is 18.2 Å². The molecule has 2 aromatic carbocycles. The van der Waals surface area contributed by atoms with E-state index in [-0.39, 0.29) is 22.4 Å². The van der Waals surface area contributed by atoms with Crippen LogP contribution in [0, 0.1) is 0 Å². The molecule has 0 saturated carbocycles. The number of carbonyl (C=O) groups excluding carboxylic acids is 2. The Morgan fingerprint density at radius 1 is 1.09 bits per heavy atom. The summed E-state index contributed by atoms with van der Waals surface area (Å²) >= 11 is 8.62. The van der Waals surface area contributed by atoms with E-state index in [1.54, 1.807) is 23.6 Å². The number of benzene rings is 2. The van der Waals surface area contributed by atoms with Crippen molar-refractivity contribution in [3.63, 3.8) is 0 Å². The molecule has 0 unspecified atom stereocenters. The summed E-state index contributed by atoms with van der Waals surface area (Å²) in [5, 5.41) is 13.6. The number of amides is 1. The number of nitrogens with one attached hydrogen (secondary N) is 1. The first-order valence-electron chi connectivity index (χ1n) is 9.33. The van der Waals surface area contributed by atoms with Crippen molar-refractivity contribution in [2.45, 2.75) is 5.22 Å². The van der Waals surface area contributed by atoms with Crippen LogP contribution >= 0.6 is 34.7 Å². The van der Waals surface area contributed by atoms with Gasteiger partial charge in [0.25, 0.3) is 5.22 Å². The number of rotatable bonds is 7. The molecular formula is C22H16ClN3O4S2. The van der Waals surface area contributed by atoms with Gasteiger partial charge in [0.2, 0.25) is 11.8 Å². The molecule has 4 aromatic rings. The SMILES string of the molecule is COC(=O)c1c(-c2ccccc2Cl)csc1NC(=O)CSc1nnc(-c2ccccc2)o1. The van der Waals surface area contributed by atoms with Crippen LogP contribution in [0.2, 0.25) is 5.02 Å². The van der Waals surface area contributed by atoms with Gasteiger partial charge in [0, 0.05) is 27.1 Å². The Morgan fingerprint density at radius 2 is 1.84 bits per heavy atom. The lowest BCUT2D eigenvalue weighted by Crippen LogP contribution is -2.16.